The van der Waals surface area contributed by atoms with Crippen LogP contribution < -0.4 is 11.1 Å². The first-order valence-corrected chi connectivity index (χ1v) is 8.10. The Bertz CT molecular complexity index is 807. The second-order valence-electron chi connectivity index (χ2n) is 5.06. The third kappa shape index (κ3) is 3.52. The first-order chi connectivity index (χ1) is 11.1. The zero-order chi connectivity index (χ0) is 16.4. The lowest BCUT2D eigenvalue weighted by molar-refractivity contribution is 0.406. The summed E-state index contributed by atoms with van der Waals surface area (Å²) >= 11 is 9.51. The lowest BCUT2D eigenvalue weighted by Gasteiger charge is -2.05. The monoisotopic (exact) mass is 401 g/mol. The second-order valence-corrected chi connectivity index (χ2v) is 6.24. The van der Waals surface area contributed by atoms with E-state index in [-0.39, 0.29) is 6.42 Å². The van der Waals surface area contributed by atoms with Crippen LogP contribution in [0.25, 0.3) is 11.1 Å². The summed E-state index contributed by atoms with van der Waals surface area (Å²) in [6.07, 6.45) is 1.87. The van der Waals surface area contributed by atoms with Gasteiger partial charge in [0.15, 0.2) is 5.58 Å². The summed E-state index contributed by atoms with van der Waals surface area (Å²) in [4.78, 5) is 4.26. The Morgan fingerprint density at radius 3 is 3.00 bits per heavy atom. The Hall–Kier alpha value is -1.57. The van der Waals surface area contributed by atoms with Crippen LogP contribution in [-0.2, 0) is 13.0 Å². The molecule has 0 radical (unpaired) electrons. The van der Waals surface area contributed by atoms with Crippen molar-refractivity contribution in [1.82, 2.24) is 4.98 Å². The van der Waals surface area contributed by atoms with Gasteiger partial charge in [0.05, 0.1) is 23.0 Å². The van der Waals surface area contributed by atoms with E-state index in [2.05, 4.69) is 26.2 Å². The van der Waals surface area contributed by atoms with Crippen LogP contribution in [0.4, 0.5) is 10.1 Å². The van der Waals surface area contributed by atoms with Gasteiger partial charge in [0, 0.05) is 18.5 Å². The summed E-state index contributed by atoms with van der Waals surface area (Å²) in [5, 5.41) is 3.52. The predicted molar refractivity (Wildman–Crippen MR) is 90.4 cm³/mol. The number of pyridine rings is 1. The zero-order valence-electron chi connectivity index (χ0n) is 12.0. The topological polar surface area (TPSA) is 77.2 Å². The fraction of sp³-hybridized carbons (Fsp3) is 0.267. The van der Waals surface area contributed by atoms with Crippen molar-refractivity contribution in [2.24, 2.45) is 5.73 Å². The molecule has 3 heterocycles. The Morgan fingerprint density at radius 2 is 2.30 bits per heavy atom. The van der Waals surface area contributed by atoms with Crippen LogP contribution in [0, 0.1) is 0 Å². The molecular weight excluding hydrogens is 389 g/mol. The molecule has 0 fully saturated rings. The average molecular weight is 403 g/mol. The molecule has 122 valence electrons. The van der Waals surface area contributed by atoms with Crippen LogP contribution in [0.2, 0.25) is 5.15 Å². The minimum Gasteiger partial charge on any atom is -0.467 e. The number of alkyl halides is 1. The fourth-order valence-corrected chi connectivity index (χ4v) is 2.91. The van der Waals surface area contributed by atoms with E-state index in [1.807, 2.05) is 12.1 Å². The normalized spacial score (nSPS) is 12.7. The van der Waals surface area contributed by atoms with Crippen LogP contribution in [0.5, 0.6) is 0 Å². The van der Waals surface area contributed by atoms with Crippen LogP contribution in [0.3, 0.4) is 0 Å². The number of nitrogens with zero attached hydrogens (tertiary/aromatic N) is 1. The smallest absolute Gasteiger partial charge is 0.177 e. The molecule has 3 aromatic rings. The number of fused-ring (bicyclic) bond motifs is 1. The standard InChI is InChI=1S/C15H14BrClFN3O2/c16-13-11(4-8(19)6-18)23-15-10(5-12(17)21-14(13)15)20-7-9-2-1-3-22-9/h1-3,5,8H,4,6-7,19H2,(H,20,21)/t8-/m1/s1. The molecule has 3 N–H and O–H groups in total. The summed E-state index contributed by atoms with van der Waals surface area (Å²) in [6, 6.07) is 4.71. The van der Waals surface area contributed by atoms with E-state index in [9.17, 15) is 4.39 Å². The number of nitrogens with one attached hydrogen (secondary N) is 1. The number of aromatic nitrogens is 1. The van der Waals surface area contributed by atoms with Crippen molar-refractivity contribution in [1.29, 1.82) is 0 Å². The van der Waals surface area contributed by atoms with Crippen molar-refractivity contribution in [2.45, 2.75) is 19.0 Å². The minimum absolute atomic E-state index is 0.267. The molecule has 3 aromatic heterocycles. The minimum atomic E-state index is -0.624. The molecule has 0 saturated carbocycles. The van der Waals surface area contributed by atoms with Crippen molar-refractivity contribution in [3.63, 3.8) is 0 Å². The van der Waals surface area contributed by atoms with Gasteiger partial charge in [-0.1, -0.05) is 11.6 Å². The maximum Gasteiger partial charge on any atom is 0.177 e. The van der Waals surface area contributed by atoms with Crippen LogP contribution in [0.15, 0.2) is 37.8 Å². The molecule has 0 aliphatic carbocycles. The Labute approximate surface area is 145 Å². The zero-order valence-corrected chi connectivity index (χ0v) is 14.3. The van der Waals surface area contributed by atoms with Crippen molar-refractivity contribution in [3.8, 4) is 0 Å². The predicted octanol–water partition coefficient (Wildman–Crippen LogP) is 4.29. The Morgan fingerprint density at radius 1 is 1.48 bits per heavy atom. The summed E-state index contributed by atoms with van der Waals surface area (Å²) in [5.74, 6) is 1.32. The van der Waals surface area contributed by atoms with Crippen LogP contribution in [-0.4, -0.2) is 17.7 Å². The SMILES string of the molecule is N[C@@H](CF)Cc1oc2c(NCc3ccco3)cc(Cl)nc2c1Br. The highest BCUT2D eigenvalue weighted by Crippen LogP contribution is 2.36. The molecule has 3 rings (SSSR count). The molecule has 5 nitrogen and oxygen atoms in total. The van der Waals surface area contributed by atoms with Crippen LogP contribution >= 0.6 is 27.5 Å². The highest BCUT2D eigenvalue weighted by atomic mass is 79.9. The first kappa shape index (κ1) is 16.3. The maximum atomic E-state index is 12.6. The summed E-state index contributed by atoms with van der Waals surface area (Å²) < 4.78 is 24.4. The first-order valence-electron chi connectivity index (χ1n) is 6.93. The molecule has 0 bridgehead atoms. The van der Waals surface area contributed by atoms with Gasteiger partial charge in [-0.15, -0.1) is 0 Å². The second kappa shape index (κ2) is 6.90. The van der Waals surface area contributed by atoms with E-state index in [0.717, 1.165) is 5.76 Å². The lowest BCUT2D eigenvalue weighted by Crippen LogP contribution is -2.24. The van der Waals surface area contributed by atoms with Crippen molar-refractivity contribution < 1.29 is 13.2 Å². The third-order valence-corrected chi connectivity index (χ3v) is 4.31. The molecule has 0 spiro atoms. The van der Waals surface area contributed by atoms with Gasteiger partial charge in [-0.2, -0.15) is 0 Å². The average Bonchev–Trinajstić information content (AvgIpc) is 3.15. The van der Waals surface area contributed by atoms with E-state index in [1.165, 1.54) is 0 Å². The number of furan rings is 2. The summed E-state index contributed by atoms with van der Waals surface area (Å²) in [6.45, 7) is -0.151. The molecule has 0 amide bonds. The van der Waals surface area contributed by atoms with E-state index in [1.54, 1.807) is 12.3 Å². The molecule has 0 aliphatic heterocycles. The highest BCUT2D eigenvalue weighted by Gasteiger charge is 2.19. The molecule has 0 aliphatic rings. The lowest BCUT2D eigenvalue weighted by atomic mass is 10.2. The Balaban J connectivity index is 1.95. The van der Waals surface area contributed by atoms with Gasteiger partial charge in [0.2, 0.25) is 0 Å². The van der Waals surface area contributed by atoms with Crippen molar-refractivity contribution in [2.75, 3.05) is 12.0 Å². The van der Waals surface area contributed by atoms with Gasteiger partial charge >= 0.3 is 0 Å². The fourth-order valence-electron chi connectivity index (χ4n) is 2.20. The highest BCUT2D eigenvalue weighted by molar-refractivity contribution is 9.10. The van der Waals surface area contributed by atoms with Crippen molar-refractivity contribution in [3.05, 3.63) is 45.6 Å². The van der Waals surface area contributed by atoms with Gasteiger partial charge < -0.3 is 19.9 Å². The van der Waals surface area contributed by atoms with E-state index < -0.39 is 12.7 Å². The number of halogens is 3. The Kier molecular flexibility index (Phi) is 4.89. The molecule has 0 aromatic carbocycles. The molecule has 0 unspecified atom stereocenters. The number of hydrogen-bond acceptors (Lipinski definition) is 5. The number of hydrogen-bond donors (Lipinski definition) is 2. The molecule has 1 atom stereocenters. The van der Waals surface area contributed by atoms with E-state index in [0.29, 0.717) is 38.7 Å². The summed E-state index contributed by atoms with van der Waals surface area (Å²) in [5.41, 5.74) is 7.44. The molecule has 0 saturated heterocycles. The van der Waals surface area contributed by atoms with Crippen molar-refractivity contribution >= 4 is 44.3 Å². The largest absolute Gasteiger partial charge is 0.467 e. The van der Waals surface area contributed by atoms with Crippen LogP contribution in [0.1, 0.15) is 11.5 Å². The number of nitrogens with two attached hydrogens (primary N) is 1. The number of anilines is 1. The maximum absolute atomic E-state index is 12.6. The van der Waals surface area contributed by atoms with Gasteiger partial charge in [-0.05, 0) is 28.1 Å². The van der Waals surface area contributed by atoms with Gasteiger partial charge in [-0.25, -0.2) is 9.37 Å². The van der Waals surface area contributed by atoms with Gasteiger partial charge in [0.25, 0.3) is 0 Å². The molecule has 23 heavy (non-hydrogen) atoms. The van der Waals surface area contributed by atoms with Gasteiger partial charge in [-0.3, -0.25) is 0 Å². The van der Waals surface area contributed by atoms with E-state index in [4.69, 9.17) is 26.2 Å². The molecule has 8 heteroatoms. The quantitative estimate of drug-likeness (QED) is 0.602. The van der Waals surface area contributed by atoms with Gasteiger partial charge in [0.1, 0.15) is 28.9 Å². The molecular formula is C15H14BrClFN3O2. The summed E-state index contributed by atoms with van der Waals surface area (Å²) in [7, 11) is 0. The third-order valence-electron chi connectivity index (χ3n) is 3.30. The van der Waals surface area contributed by atoms with E-state index >= 15 is 0 Å². The number of rotatable bonds is 6.